The Morgan fingerprint density at radius 2 is 1.96 bits per heavy atom. The summed E-state index contributed by atoms with van der Waals surface area (Å²) in [7, 11) is 0. The molecule has 28 heavy (non-hydrogen) atoms. The first kappa shape index (κ1) is 19.4. The zero-order valence-electron chi connectivity index (χ0n) is 15.8. The zero-order chi connectivity index (χ0) is 19.3. The first-order valence-corrected chi connectivity index (χ1v) is 10.6. The maximum Gasteiger partial charge on any atom is 0.248 e. The third-order valence-corrected chi connectivity index (χ3v) is 6.13. The molecule has 2 saturated heterocycles. The van der Waals surface area contributed by atoms with E-state index in [9.17, 15) is 9.18 Å². The van der Waals surface area contributed by atoms with Gasteiger partial charge < -0.3 is 14.4 Å². The van der Waals surface area contributed by atoms with Crippen molar-refractivity contribution in [3.63, 3.8) is 0 Å². The number of hydrogen-bond donors (Lipinski definition) is 0. The van der Waals surface area contributed by atoms with Crippen LogP contribution in [-0.4, -0.2) is 60.7 Å². The summed E-state index contributed by atoms with van der Waals surface area (Å²) in [6, 6.07) is 8.39. The third kappa shape index (κ3) is 4.90. The number of benzene rings is 1. The van der Waals surface area contributed by atoms with E-state index in [1.165, 1.54) is 17.7 Å². The maximum atomic E-state index is 13.0. The van der Waals surface area contributed by atoms with Gasteiger partial charge >= 0.3 is 0 Å². The number of rotatable bonds is 6. The molecular formula is C21H25FN2O3S. The summed E-state index contributed by atoms with van der Waals surface area (Å²) in [5.41, 5.74) is 1.36. The second-order valence-corrected chi connectivity index (χ2v) is 8.16. The molecule has 2 aromatic rings. The molecule has 0 bridgehead atoms. The lowest BCUT2D eigenvalue weighted by Gasteiger charge is -2.42. The molecule has 0 saturated carbocycles. The third-order valence-electron chi connectivity index (χ3n) is 5.40. The average Bonchev–Trinajstić information content (AvgIpc) is 3.22. The normalized spacial score (nSPS) is 21.8. The molecule has 150 valence electrons. The van der Waals surface area contributed by atoms with Crippen molar-refractivity contribution in [3.8, 4) is 5.75 Å². The van der Waals surface area contributed by atoms with Gasteiger partial charge in [-0.05, 0) is 59.5 Å². The highest BCUT2D eigenvalue weighted by Gasteiger charge is 2.33. The molecule has 4 rings (SSSR count). The van der Waals surface area contributed by atoms with Crippen molar-refractivity contribution in [2.45, 2.75) is 31.5 Å². The van der Waals surface area contributed by atoms with E-state index >= 15 is 0 Å². The number of halogens is 1. The molecule has 1 aromatic carbocycles. The Kier molecular flexibility index (Phi) is 6.24. The van der Waals surface area contributed by atoms with E-state index in [0.717, 1.165) is 32.5 Å². The minimum absolute atomic E-state index is 0.0642. The van der Waals surface area contributed by atoms with Crippen molar-refractivity contribution >= 4 is 17.2 Å². The number of hydrogen-bond acceptors (Lipinski definition) is 5. The second kappa shape index (κ2) is 9.03. The van der Waals surface area contributed by atoms with Crippen LogP contribution < -0.4 is 4.74 Å². The lowest BCUT2D eigenvalue weighted by Crippen LogP contribution is -2.55. The molecule has 1 amide bonds. The standard InChI is InChI=1S/C21H25FN2O3S/c22-17-1-3-19(4-2-17)26-13-20-12-24(21(25)14-27-20)18-5-8-23(9-6-18)11-16-7-10-28-15-16/h1-4,7,10,15,18,20H,5-6,8-9,11-14H2/t20-/m1/s1. The van der Waals surface area contributed by atoms with Crippen LogP contribution in [0.5, 0.6) is 5.75 Å². The fourth-order valence-electron chi connectivity index (χ4n) is 3.85. The van der Waals surface area contributed by atoms with E-state index in [2.05, 4.69) is 21.7 Å². The van der Waals surface area contributed by atoms with E-state index in [4.69, 9.17) is 9.47 Å². The van der Waals surface area contributed by atoms with Gasteiger partial charge in [-0.15, -0.1) is 0 Å². The highest BCUT2D eigenvalue weighted by Crippen LogP contribution is 2.22. The summed E-state index contributed by atoms with van der Waals surface area (Å²) in [5.74, 6) is 0.382. The monoisotopic (exact) mass is 404 g/mol. The lowest BCUT2D eigenvalue weighted by atomic mass is 10.0. The topological polar surface area (TPSA) is 42.0 Å². The number of carbonyl (C=O) groups is 1. The highest BCUT2D eigenvalue weighted by atomic mass is 32.1. The SMILES string of the molecule is O=C1CO[C@@H](COc2ccc(F)cc2)CN1C1CCN(Cc2ccsc2)CC1. The zero-order valence-corrected chi connectivity index (χ0v) is 16.6. The quantitative estimate of drug-likeness (QED) is 0.742. The van der Waals surface area contributed by atoms with Crippen LogP contribution in [0.3, 0.4) is 0 Å². The van der Waals surface area contributed by atoms with Crippen LogP contribution in [0, 0.1) is 5.82 Å². The Morgan fingerprint density at radius 1 is 1.18 bits per heavy atom. The largest absolute Gasteiger partial charge is 0.491 e. The predicted molar refractivity (Wildman–Crippen MR) is 106 cm³/mol. The number of thiophene rings is 1. The van der Waals surface area contributed by atoms with Gasteiger partial charge in [0.1, 0.15) is 30.9 Å². The lowest BCUT2D eigenvalue weighted by molar-refractivity contribution is -0.155. The molecule has 0 unspecified atom stereocenters. The number of nitrogens with zero attached hydrogens (tertiary/aromatic N) is 2. The van der Waals surface area contributed by atoms with Crippen LogP contribution in [0.25, 0.3) is 0 Å². The molecule has 0 spiro atoms. The Hall–Kier alpha value is -1.96. The number of piperidine rings is 1. The molecule has 0 radical (unpaired) electrons. The van der Waals surface area contributed by atoms with Crippen LogP contribution in [0.15, 0.2) is 41.1 Å². The summed E-state index contributed by atoms with van der Waals surface area (Å²) < 4.78 is 24.3. The minimum atomic E-state index is -0.289. The number of carbonyl (C=O) groups excluding carboxylic acids is 1. The van der Waals surface area contributed by atoms with Crippen molar-refractivity contribution in [2.75, 3.05) is 32.8 Å². The molecule has 2 aliphatic rings. The van der Waals surface area contributed by atoms with Crippen molar-refractivity contribution in [2.24, 2.45) is 0 Å². The fraction of sp³-hybridized carbons (Fsp3) is 0.476. The number of likely N-dealkylation sites (tertiary alicyclic amines) is 1. The first-order chi connectivity index (χ1) is 13.7. The summed E-state index contributed by atoms with van der Waals surface area (Å²) in [6.07, 6.45) is 1.81. The molecule has 0 N–H and O–H groups in total. The van der Waals surface area contributed by atoms with Gasteiger partial charge in [0.15, 0.2) is 0 Å². The Morgan fingerprint density at radius 3 is 2.68 bits per heavy atom. The van der Waals surface area contributed by atoms with Gasteiger partial charge in [0.2, 0.25) is 5.91 Å². The molecule has 0 aliphatic carbocycles. The van der Waals surface area contributed by atoms with E-state index < -0.39 is 0 Å². The van der Waals surface area contributed by atoms with Gasteiger partial charge in [-0.3, -0.25) is 9.69 Å². The van der Waals surface area contributed by atoms with Crippen LogP contribution in [-0.2, 0) is 16.1 Å². The smallest absolute Gasteiger partial charge is 0.248 e. The summed E-state index contributed by atoms with van der Waals surface area (Å²) in [4.78, 5) is 16.8. The van der Waals surface area contributed by atoms with Gasteiger partial charge in [0.25, 0.3) is 0 Å². The molecule has 5 nitrogen and oxygen atoms in total. The Labute approximate surface area is 168 Å². The summed E-state index contributed by atoms with van der Waals surface area (Å²) in [5, 5.41) is 4.31. The van der Waals surface area contributed by atoms with E-state index in [1.54, 1.807) is 23.5 Å². The van der Waals surface area contributed by atoms with Crippen molar-refractivity contribution in [1.82, 2.24) is 9.80 Å². The van der Waals surface area contributed by atoms with Gasteiger partial charge in [-0.1, -0.05) is 0 Å². The van der Waals surface area contributed by atoms with E-state index in [0.29, 0.717) is 18.9 Å². The molecule has 1 aromatic heterocycles. The predicted octanol–water partition coefficient (Wildman–Crippen LogP) is 3.16. The van der Waals surface area contributed by atoms with Crippen molar-refractivity contribution in [1.29, 1.82) is 0 Å². The maximum absolute atomic E-state index is 13.0. The van der Waals surface area contributed by atoms with Gasteiger partial charge in [0.05, 0.1) is 6.54 Å². The molecule has 2 aliphatic heterocycles. The molecule has 1 atom stereocenters. The highest BCUT2D eigenvalue weighted by molar-refractivity contribution is 7.07. The van der Waals surface area contributed by atoms with Crippen LogP contribution in [0.2, 0.25) is 0 Å². The summed E-state index contributed by atoms with van der Waals surface area (Å²) in [6.45, 7) is 4.00. The fourth-order valence-corrected chi connectivity index (χ4v) is 4.51. The van der Waals surface area contributed by atoms with E-state index in [1.807, 2.05) is 4.90 Å². The number of amides is 1. The molecule has 7 heteroatoms. The van der Waals surface area contributed by atoms with Crippen LogP contribution >= 0.6 is 11.3 Å². The summed E-state index contributed by atoms with van der Waals surface area (Å²) >= 11 is 1.73. The van der Waals surface area contributed by atoms with Gasteiger partial charge in [0, 0.05) is 25.7 Å². The molecule has 2 fully saturated rings. The van der Waals surface area contributed by atoms with E-state index in [-0.39, 0.29) is 30.5 Å². The first-order valence-electron chi connectivity index (χ1n) is 9.70. The Balaban J connectivity index is 1.26. The van der Waals surface area contributed by atoms with Crippen LogP contribution in [0.1, 0.15) is 18.4 Å². The van der Waals surface area contributed by atoms with Gasteiger partial charge in [-0.25, -0.2) is 4.39 Å². The van der Waals surface area contributed by atoms with Crippen molar-refractivity contribution < 1.29 is 18.7 Å². The second-order valence-electron chi connectivity index (χ2n) is 7.38. The average molecular weight is 405 g/mol. The number of ether oxygens (including phenoxy) is 2. The minimum Gasteiger partial charge on any atom is -0.491 e. The van der Waals surface area contributed by atoms with Gasteiger partial charge in [-0.2, -0.15) is 11.3 Å². The van der Waals surface area contributed by atoms with Crippen LogP contribution in [0.4, 0.5) is 4.39 Å². The number of morpholine rings is 1. The van der Waals surface area contributed by atoms with Crippen molar-refractivity contribution in [3.05, 3.63) is 52.5 Å². The Bertz CT molecular complexity index is 760. The molecule has 3 heterocycles. The molecular weight excluding hydrogens is 379 g/mol.